The van der Waals surface area contributed by atoms with Crippen LogP contribution in [0.4, 0.5) is 0 Å². The molecule has 1 heterocycles. The number of ether oxygens (including phenoxy) is 5. The van der Waals surface area contributed by atoms with Gasteiger partial charge in [0, 0.05) is 19.4 Å². The van der Waals surface area contributed by atoms with E-state index in [0.29, 0.717) is 45.1 Å². The number of nitrogens with one attached hydrogen (secondary N) is 1. The zero-order chi connectivity index (χ0) is 39.3. The van der Waals surface area contributed by atoms with Gasteiger partial charge in [-0.15, -0.1) is 0 Å². The molecule has 0 aromatic rings. The standard InChI is InChI=1S/C42H72N2O9S/c1-3-5-7-9-11-13-23-33-49-37(45)27-17-15-25-35-51-40(47)39(53-42(54)43-29-19-20-30-44-31-21-22-32-44)41(48)52-36-26-16-18-28-38(46)50-34-24-14-12-10-8-6-4-2/h13-14,23-24,39H,3-12,15-22,25-36H2,1-2H3,(H,43,54)/b23-13-,24-14-. The van der Waals surface area contributed by atoms with Gasteiger partial charge in [0.05, 0.1) is 13.2 Å². The number of thiocarbonyl (C=S) groups is 1. The van der Waals surface area contributed by atoms with Crippen molar-refractivity contribution in [3.05, 3.63) is 24.3 Å². The first-order valence-corrected chi connectivity index (χ1v) is 21.4. The topological polar surface area (TPSA) is 130 Å². The Balaban J connectivity index is 2.37. The molecule has 0 atom stereocenters. The first-order valence-electron chi connectivity index (χ1n) is 21.0. The minimum absolute atomic E-state index is 0.0589. The molecule has 0 bridgehead atoms. The zero-order valence-electron chi connectivity index (χ0n) is 33.6. The predicted octanol–water partition coefficient (Wildman–Crippen LogP) is 8.47. The van der Waals surface area contributed by atoms with Crippen LogP contribution in [0, 0.1) is 0 Å². The summed E-state index contributed by atoms with van der Waals surface area (Å²) in [7, 11) is 0. The Labute approximate surface area is 331 Å². The van der Waals surface area contributed by atoms with Crippen molar-refractivity contribution in [2.45, 2.75) is 161 Å². The normalized spacial score (nSPS) is 13.1. The molecule has 0 aromatic heterocycles. The van der Waals surface area contributed by atoms with E-state index in [-0.39, 0.29) is 56.4 Å². The number of carbonyl (C=O) groups is 4. The molecule has 1 aliphatic heterocycles. The molecule has 1 aliphatic rings. The molecule has 1 fully saturated rings. The molecule has 0 radical (unpaired) electrons. The molecule has 11 nitrogen and oxygen atoms in total. The van der Waals surface area contributed by atoms with Crippen LogP contribution in [0.2, 0.25) is 0 Å². The number of hydrogen-bond donors (Lipinski definition) is 1. The molecule has 0 amide bonds. The maximum atomic E-state index is 12.9. The van der Waals surface area contributed by atoms with E-state index in [0.717, 1.165) is 58.2 Å². The van der Waals surface area contributed by atoms with Crippen LogP contribution < -0.4 is 5.32 Å². The number of allylic oxidation sites excluding steroid dienone is 2. The van der Waals surface area contributed by atoms with Gasteiger partial charge in [0.15, 0.2) is 0 Å². The summed E-state index contributed by atoms with van der Waals surface area (Å²) in [5.74, 6) is -2.27. The molecule has 310 valence electrons. The Morgan fingerprint density at radius 1 is 0.611 bits per heavy atom. The van der Waals surface area contributed by atoms with E-state index in [1.807, 2.05) is 12.2 Å². The zero-order valence-corrected chi connectivity index (χ0v) is 34.4. The fourth-order valence-electron chi connectivity index (χ4n) is 5.77. The van der Waals surface area contributed by atoms with E-state index in [1.54, 1.807) is 0 Å². The third-order valence-electron chi connectivity index (χ3n) is 9.02. The molecule has 0 saturated carbocycles. The highest BCUT2D eigenvalue weighted by Gasteiger charge is 2.33. The Morgan fingerprint density at radius 3 is 1.61 bits per heavy atom. The van der Waals surface area contributed by atoms with Crippen LogP contribution in [-0.4, -0.2) is 92.7 Å². The second-order valence-electron chi connectivity index (χ2n) is 13.9. The molecule has 12 heteroatoms. The largest absolute Gasteiger partial charge is 0.462 e. The third kappa shape index (κ3) is 29.4. The Kier molecular flexibility index (Phi) is 32.4. The van der Waals surface area contributed by atoms with Gasteiger partial charge < -0.3 is 33.9 Å². The minimum atomic E-state index is -1.65. The maximum absolute atomic E-state index is 12.9. The van der Waals surface area contributed by atoms with Crippen LogP contribution in [-0.2, 0) is 42.9 Å². The quantitative estimate of drug-likeness (QED) is 0.0168. The van der Waals surface area contributed by atoms with Crippen molar-refractivity contribution in [2.24, 2.45) is 0 Å². The average Bonchev–Trinajstić information content (AvgIpc) is 3.69. The summed E-state index contributed by atoms with van der Waals surface area (Å²) in [6.45, 7) is 8.93. The first kappa shape index (κ1) is 49.0. The Bertz CT molecular complexity index is 1000. The van der Waals surface area contributed by atoms with Gasteiger partial charge in [-0.2, -0.15) is 0 Å². The third-order valence-corrected chi connectivity index (χ3v) is 9.26. The van der Waals surface area contributed by atoms with Gasteiger partial charge in [-0.25, -0.2) is 9.59 Å². The maximum Gasteiger partial charge on any atom is 0.359 e. The molecule has 1 rings (SSSR count). The number of likely N-dealkylation sites (tertiary alicyclic amines) is 1. The fourth-order valence-corrected chi connectivity index (χ4v) is 5.97. The smallest absolute Gasteiger partial charge is 0.359 e. The number of carbonyl (C=O) groups excluding carboxylic acids is 4. The highest BCUT2D eigenvalue weighted by Crippen LogP contribution is 2.10. The van der Waals surface area contributed by atoms with E-state index < -0.39 is 18.0 Å². The molecule has 54 heavy (non-hydrogen) atoms. The van der Waals surface area contributed by atoms with Gasteiger partial charge in [0.2, 0.25) is 0 Å². The molecule has 0 spiro atoms. The van der Waals surface area contributed by atoms with Crippen molar-refractivity contribution in [3.63, 3.8) is 0 Å². The molecular weight excluding hydrogens is 709 g/mol. The van der Waals surface area contributed by atoms with Crippen LogP contribution in [0.15, 0.2) is 24.3 Å². The summed E-state index contributed by atoms with van der Waals surface area (Å²) in [5.41, 5.74) is 0. The van der Waals surface area contributed by atoms with Gasteiger partial charge in [0.1, 0.15) is 13.2 Å². The lowest BCUT2D eigenvalue weighted by Crippen LogP contribution is -2.41. The number of rotatable bonds is 34. The Morgan fingerprint density at radius 2 is 1.11 bits per heavy atom. The SMILES string of the molecule is CCCCCC/C=C\COC(=O)CCCCCOC(=O)C(OC(=S)NCCCCN1CCCC1)C(=O)OCCCCCC(=O)OC/C=C\CCCCCC. The fraction of sp³-hybridized carbons (Fsp3) is 0.786. The average molecular weight is 781 g/mol. The summed E-state index contributed by atoms with van der Waals surface area (Å²) in [6.07, 6.45) is 26.3. The highest BCUT2D eigenvalue weighted by molar-refractivity contribution is 7.80. The second kappa shape index (κ2) is 35.7. The van der Waals surface area contributed by atoms with E-state index in [1.165, 1.54) is 51.4 Å². The number of unbranched alkanes of at least 4 members (excludes halogenated alkanes) is 13. The lowest BCUT2D eigenvalue weighted by atomic mass is 10.1. The van der Waals surface area contributed by atoms with E-state index in [4.69, 9.17) is 35.9 Å². The van der Waals surface area contributed by atoms with Gasteiger partial charge >= 0.3 is 23.9 Å². The number of hydrogen-bond acceptors (Lipinski definition) is 11. The van der Waals surface area contributed by atoms with Crippen LogP contribution in [0.5, 0.6) is 0 Å². The summed E-state index contributed by atoms with van der Waals surface area (Å²) in [4.78, 5) is 52.4. The molecule has 1 N–H and O–H groups in total. The van der Waals surface area contributed by atoms with Gasteiger partial charge in [-0.05, 0) is 122 Å². The van der Waals surface area contributed by atoms with Crippen molar-refractivity contribution >= 4 is 41.3 Å². The summed E-state index contributed by atoms with van der Waals surface area (Å²) < 4.78 is 26.8. The summed E-state index contributed by atoms with van der Waals surface area (Å²) >= 11 is 5.29. The van der Waals surface area contributed by atoms with Crippen molar-refractivity contribution in [3.8, 4) is 0 Å². The van der Waals surface area contributed by atoms with Crippen molar-refractivity contribution in [1.29, 1.82) is 0 Å². The Hall–Kier alpha value is -2.99. The van der Waals surface area contributed by atoms with Gasteiger partial charge in [-0.3, -0.25) is 9.59 Å². The summed E-state index contributed by atoms with van der Waals surface area (Å²) in [5, 5.41) is 2.91. The van der Waals surface area contributed by atoms with Crippen LogP contribution >= 0.6 is 12.2 Å². The van der Waals surface area contributed by atoms with Crippen LogP contribution in [0.1, 0.15) is 155 Å². The molecule has 1 saturated heterocycles. The molecule has 0 aliphatic carbocycles. The van der Waals surface area contributed by atoms with E-state index >= 15 is 0 Å². The number of esters is 4. The van der Waals surface area contributed by atoms with E-state index in [2.05, 4.69) is 36.2 Å². The van der Waals surface area contributed by atoms with E-state index in [9.17, 15) is 19.2 Å². The first-order chi connectivity index (χ1) is 26.4. The molecular formula is C42H72N2O9S. The van der Waals surface area contributed by atoms with Gasteiger partial charge in [-0.1, -0.05) is 76.7 Å². The summed E-state index contributed by atoms with van der Waals surface area (Å²) in [6, 6.07) is 0. The monoisotopic (exact) mass is 780 g/mol. The lowest BCUT2D eigenvalue weighted by Gasteiger charge is -2.18. The molecule has 0 unspecified atom stereocenters. The lowest BCUT2D eigenvalue weighted by molar-refractivity contribution is -0.168. The van der Waals surface area contributed by atoms with Crippen molar-refractivity contribution in [1.82, 2.24) is 10.2 Å². The van der Waals surface area contributed by atoms with Crippen LogP contribution in [0.25, 0.3) is 0 Å². The van der Waals surface area contributed by atoms with Crippen molar-refractivity contribution < 1.29 is 42.9 Å². The van der Waals surface area contributed by atoms with Crippen LogP contribution in [0.3, 0.4) is 0 Å². The molecule has 0 aromatic carbocycles. The second-order valence-corrected chi connectivity index (χ2v) is 14.3. The van der Waals surface area contributed by atoms with Crippen molar-refractivity contribution in [2.75, 3.05) is 52.6 Å². The number of nitrogens with zero attached hydrogens (tertiary/aromatic N) is 1. The predicted molar refractivity (Wildman–Crippen MR) is 217 cm³/mol. The van der Waals surface area contributed by atoms with Gasteiger partial charge in [0.25, 0.3) is 11.3 Å². The minimum Gasteiger partial charge on any atom is -0.462 e. The highest BCUT2D eigenvalue weighted by atomic mass is 32.1.